The number of nitrogens with zero attached hydrogens (tertiary/aromatic N) is 5. The van der Waals surface area contributed by atoms with Crippen LogP contribution in [0.4, 0.5) is 0 Å². The quantitative estimate of drug-likeness (QED) is 0.507. The molecule has 0 radical (unpaired) electrons. The molecule has 0 saturated carbocycles. The zero-order chi connectivity index (χ0) is 19.8. The maximum atomic E-state index is 12.6. The van der Waals surface area contributed by atoms with Gasteiger partial charge in [0, 0.05) is 42.1 Å². The molecule has 4 aromatic rings. The Hall–Kier alpha value is -3.28. The molecule has 6 nitrogen and oxygen atoms in total. The van der Waals surface area contributed by atoms with E-state index < -0.39 is 0 Å². The highest BCUT2D eigenvalue weighted by Gasteiger charge is 2.12. The number of imidazole rings is 1. The molecule has 0 N–H and O–H groups in total. The van der Waals surface area contributed by atoms with Crippen LogP contribution >= 0.6 is 0 Å². The molecule has 0 saturated heterocycles. The smallest absolute Gasteiger partial charge is 0.171 e. The number of Topliss-reactive ketones (excluding diaryl/α,β-unsaturated/α-hetero) is 1. The van der Waals surface area contributed by atoms with Crippen molar-refractivity contribution in [1.82, 2.24) is 24.3 Å². The number of hydrogen-bond donors (Lipinski definition) is 0. The lowest BCUT2D eigenvalue weighted by Crippen LogP contribution is -2.05. The number of rotatable bonds is 5. The molecule has 0 aliphatic heterocycles. The Kier molecular flexibility index (Phi) is 4.01. The standard InChI is InChI=1S/C21H21N5O/c1-14(2)26-12-18(10-24-26)21(27)8-19-7-17-6-15(4-5-16(17)9-23-19)20-11-22-13-25(20)3/h4-7,9-14H,8H2,1-3H3/i9D. The fourth-order valence-corrected chi connectivity index (χ4v) is 3.04. The molecule has 6 heteroatoms. The number of hydrogen-bond acceptors (Lipinski definition) is 4. The number of aryl methyl sites for hydroxylation is 1. The van der Waals surface area contributed by atoms with Gasteiger partial charge in [0.1, 0.15) is 0 Å². The minimum Gasteiger partial charge on any atom is -0.334 e. The molecule has 0 fully saturated rings. The lowest BCUT2D eigenvalue weighted by atomic mass is 10.0. The molecule has 1 aromatic carbocycles. The van der Waals surface area contributed by atoms with Gasteiger partial charge < -0.3 is 4.57 Å². The van der Waals surface area contributed by atoms with Gasteiger partial charge in [0.25, 0.3) is 0 Å². The van der Waals surface area contributed by atoms with Crippen LogP contribution in [0.1, 0.15) is 37.3 Å². The second-order valence-electron chi connectivity index (χ2n) is 6.95. The zero-order valence-electron chi connectivity index (χ0n) is 16.5. The Morgan fingerprint density at radius 2 is 2.07 bits per heavy atom. The van der Waals surface area contributed by atoms with Gasteiger partial charge in [-0.3, -0.25) is 14.5 Å². The predicted molar refractivity (Wildman–Crippen MR) is 105 cm³/mol. The molecule has 0 aliphatic carbocycles. The third-order valence-electron chi connectivity index (χ3n) is 4.60. The molecule has 0 unspecified atom stereocenters. The summed E-state index contributed by atoms with van der Waals surface area (Å²) in [7, 11) is 1.94. The van der Waals surface area contributed by atoms with E-state index in [4.69, 9.17) is 1.37 Å². The lowest BCUT2D eigenvalue weighted by molar-refractivity contribution is 0.0992. The maximum absolute atomic E-state index is 12.6. The van der Waals surface area contributed by atoms with Gasteiger partial charge in [-0.05, 0) is 31.4 Å². The molecule has 0 bridgehead atoms. The summed E-state index contributed by atoms with van der Waals surface area (Å²) in [5.41, 5.74) is 3.14. The highest BCUT2D eigenvalue weighted by Crippen LogP contribution is 2.24. The summed E-state index contributed by atoms with van der Waals surface area (Å²) in [5.74, 6) is -0.0547. The fourth-order valence-electron chi connectivity index (χ4n) is 3.04. The molecule has 4 rings (SSSR count). The van der Waals surface area contributed by atoms with Gasteiger partial charge >= 0.3 is 0 Å². The lowest BCUT2D eigenvalue weighted by Gasteiger charge is -2.06. The second-order valence-corrected chi connectivity index (χ2v) is 6.95. The van der Waals surface area contributed by atoms with Gasteiger partial charge in [0.05, 0.1) is 37.8 Å². The third-order valence-corrected chi connectivity index (χ3v) is 4.60. The highest BCUT2D eigenvalue weighted by molar-refractivity contribution is 5.97. The molecule has 0 amide bonds. The van der Waals surface area contributed by atoms with E-state index in [1.54, 1.807) is 29.6 Å². The first-order valence-corrected chi connectivity index (χ1v) is 8.86. The number of pyridine rings is 1. The summed E-state index contributed by atoms with van der Waals surface area (Å²) < 4.78 is 12.0. The first-order chi connectivity index (χ1) is 13.4. The van der Waals surface area contributed by atoms with Gasteiger partial charge in [-0.25, -0.2) is 4.98 Å². The van der Waals surface area contributed by atoms with Crippen LogP contribution in [0.25, 0.3) is 22.0 Å². The average Bonchev–Trinajstić information content (AvgIpc) is 3.30. The largest absolute Gasteiger partial charge is 0.334 e. The van der Waals surface area contributed by atoms with E-state index in [-0.39, 0.29) is 24.4 Å². The van der Waals surface area contributed by atoms with Crippen molar-refractivity contribution in [2.24, 2.45) is 7.05 Å². The number of carbonyl (C=O) groups excluding carboxylic acids is 1. The van der Waals surface area contributed by atoms with Gasteiger partial charge in [-0.2, -0.15) is 5.10 Å². The van der Waals surface area contributed by atoms with Gasteiger partial charge in [-0.15, -0.1) is 0 Å². The Morgan fingerprint density at radius 3 is 2.78 bits per heavy atom. The minimum atomic E-state index is -0.0547. The fraction of sp³-hybridized carbons (Fsp3) is 0.238. The molecule has 136 valence electrons. The summed E-state index contributed by atoms with van der Waals surface area (Å²) in [5, 5.41) is 5.87. The SMILES string of the molecule is [2H]c1nc(CC(=O)c2cnn(C(C)C)c2)cc2cc(-c3cncn3C)ccc12. The van der Waals surface area contributed by atoms with Gasteiger partial charge in [0.2, 0.25) is 0 Å². The van der Waals surface area contributed by atoms with Crippen molar-refractivity contribution in [2.45, 2.75) is 26.3 Å². The first kappa shape index (κ1) is 15.9. The van der Waals surface area contributed by atoms with Crippen LogP contribution in [-0.4, -0.2) is 30.1 Å². The first-order valence-electron chi connectivity index (χ1n) is 9.36. The molecular formula is C21H21N5O. The summed E-state index contributed by atoms with van der Waals surface area (Å²) in [6, 6.07) is 7.95. The Balaban J connectivity index is 1.67. The molecule has 0 spiro atoms. The Morgan fingerprint density at radius 1 is 1.22 bits per heavy atom. The normalized spacial score (nSPS) is 11.9. The number of carbonyl (C=O) groups is 1. The molecule has 0 aliphatic rings. The molecule has 3 heterocycles. The van der Waals surface area contributed by atoms with Crippen LogP contribution in [0.3, 0.4) is 0 Å². The summed E-state index contributed by atoms with van der Waals surface area (Å²) in [4.78, 5) is 21.1. The van der Waals surface area contributed by atoms with E-state index in [1.807, 2.05) is 49.7 Å². The number of benzene rings is 1. The Labute approximate surface area is 158 Å². The molecule has 3 aromatic heterocycles. The third kappa shape index (κ3) is 3.38. The second kappa shape index (κ2) is 6.79. The van der Waals surface area contributed by atoms with E-state index >= 15 is 0 Å². The molecular weight excluding hydrogens is 338 g/mol. The van der Waals surface area contributed by atoms with Crippen LogP contribution in [0.5, 0.6) is 0 Å². The van der Waals surface area contributed by atoms with E-state index in [2.05, 4.69) is 15.1 Å². The van der Waals surface area contributed by atoms with Crippen molar-refractivity contribution < 1.29 is 6.17 Å². The van der Waals surface area contributed by atoms with E-state index in [9.17, 15) is 4.79 Å². The molecule has 0 atom stereocenters. The van der Waals surface area contributed by atoms with Crippen molar-refractivity contribution in [3.8, 4) is 11.3 Å². The Bertz CT molecular complexity index is 1170. The maximum Gasteiger partial charge on any atom is 0.171 e. The number of ketones is 1. The zero-order valence-corrected chi connectivity index (χ0v) is 15.5. The van der Waals surface area contributed by atoms with E-state index in [1.165, 1.54) is 0 Å². The van der Waals surface area contributed by atoms with E-state index in [0.717, 1.165) is 22.0 Å². The van der Waals surface area contributed by atoms with Crippen LogP contribution in [0.15, 0.2) is 55.4 Å². The summed E-state index contributed by atoms with van der Waals surface area (Å²) in [6.45, 7) is 4.02. The van der Waals surface area contributed by atoms with Crippen molar-refractivity contribution in [3.05, 3.63) is 66.6 Å². The van der Waals surface area contributed by atoms with Crippen molar-refractivity contribution in [2.75, 3.05) is 0 Å². The minimum absolute atomic E-state index is 0.0547. The van der Waals surface area contributed by atoms with Crippen LogP contribution in [0.2, 0.25) is 0 Å². The predicted octanol–water partition coefficient (Wildman–Crippen LogP) is 3.84. The van der Waals surface area contributed by atoms with E-state index in [0.29, 0.717) is 11.3 Å². The summed E-state index contributed by atoms with van der Waals surface area (Å²) >= 11 is 0. The van der Waals surface area contributed by atoms with Gasteiger partial charge in [-0.1, -0.05) is 12.1 Å². The number of aromatic nitrogens is 5. The monoisotopic (exact) mass is 360 g/mol. The number of fused-ring (bicyclic) bond motifs is 1. The van der Waals surface area contributed by atoms with Crippen molar-refractivity contribution in [3.63, 3.8) is 0 Å². The van der Waals surface area contributed by atoms with Crippen LogP contribution in [-0.2, 0) is 13.5 Å². The summed E-state index contributed by atoms with van der Waals surface area (Å²) in [6.07, 6.45) is 7.22. The van der Waals surface area contributed by atoms with Crippen molar-refractivity contribution in [1.29, 1.82) is 0 Å². The van der Waals surface area contributed by atoms with Gasteiger partial charge in [0.15, 0.2) is 5.78 Å². The topological polar surface area (TPSA) is 65.6 Å². The average molecular weight is 360 g/mol. The van der Waals surface area contributed by atoms with Crippen LogP contribution < -0.4 is 0 Å². The van der Waals surface area contributed by atoms with Crippen molar-refractivity contribution >= 4 is 16.6 Å². The molecule has 27 heavy (non-hydrogen) atoms. The van der Waals surface area contributed by atoms with Crippen LogP contribution in [0, 0.1) is 0 Å². The highest BCUT2D eigenvalue weighted by atomic mass is 16.1.